The zero-order chi connectivity index (χ0) is 29.2. The van der Waals surface area contributed by atoms with Gasteiger partial charge in [0.2, 0.25) is 5.91 Å². The molecule has 1 N–H and O–H groups in total. The van der Waals surface area contributed by atoms with Gasteiger partial charge in [-0.25, -0.2) is 4.79 Å². The second kappa shape index (κ2) is 14.3. The van der Waals surface area contributed by atoms with E-state index in [0.29, 0.717) is 23.8 Å². The summed E-state index contributed by atoms with van der Waals surface area (Å²) in [4.78, 5) is 27.7. The maximum Gasteiger partial charge on any atom is 0.341 e. The van der Waals surface area contributed by atoms with Crippen LogP contribution in [0.2, 0.25) is 0 Å². The zero-order valence-corrected chi connectivity index (χ0v) is 24.1. The smallest absolute Gasteiger partial charge is 0.341 e. The number of methoxy groups -OCH3 is 2. The van der Waals surface area contributed by atoms with Crippen LogP contribution < -0.4 is 14.2 Å². The molecule has 0 aliphatic carbocycles. The molecular weight excluding hydrogens is 538 g/mol. The third-order valence-electron chi connectivity index (χ3n) is 6.52. The third-order valence-corrected chi connectivity index (χ3v) is 7.50. The lowest BCUT2D eigenvalue weighted by molar-refractivity contribution is -0.139. The summed E-state index contributed by atoms with van der Waals surface area (Å²) < 4.78 is 16.3. The molecule has 0 aliphatic heterocycles. The normalized spacial score (nSPS) is 10.7. The summed E-state index contributed by atoms with van der Waals surface area (Å²) in [5.74, 6) is 0.868. The molecule has 4 aromatic carbocycles. The molecule has 0 bridgehead atoms. The van der Waals surface area contributed by atoms with E-state index in [2.05, 4.69) is 0 Å². The number of hydrogen-bond donors (Lipinski definition) is 1. The van der Waals surface area contributed by atoms with E-state index >= 15 is 0 Å². The van der Waals surface area contributed by atoms with E-state index in [9.17, 15) is 9.59 Å². The molecule has 0 unspecified atom stereocenters. The van der Waals surface area contributed by atoms with Crippen LogP contribution in [0.1, 0.15) is 28.3 Å². The lowest BCUT2D eigenvalue weighted by Gasteiger charge is -2.33. The minimum Gasteiger partial charge on any atom is -0.493 e. The number of hydrogen-bond acceptors (Lipinski definition) is 6. The van der Waals surface area contributed by atoms with Crippen LogP contribution in [0.25, 0.3) is 0 Å². The van der Waals surface area contributed by atoms with E-state index < -0.39 is 12.6 Å². The van der Waals surface area contributed by atoms with E-state index in [1.165, 1.54) is 11.8 Å². The summed E-state index contributed by atoms with van der Waals surface area (Å²) in [6.45, 7) is 1.81. The summed E-state index contributed by atoms with van der Waals surface area (Å²) in [7, 11) is 3.19. The van der Waals surface area contributed by atoms with Crippen LogP contribution in [0.4, 0.5) is 0 Å². The van der Waals surface area contributed by atoms with E-state index in [1.807, 2.05) is 103 Å². The highest BCUT2D eigenvalue weighted by Gasteiger charge is 2.27. The lowest BCUT2D eigenvalue weighted by atomic mass is 9.96. The van der Waals surface area contributed by atoms with Crippen molar-refractivity contribution in [3.8, 4) is 17.2 Å². The molecule has 4 aromatic rings. The fourth-order valence-electron chi connectivity index (χ4n) is 4.56. The quantitative estimate of drug-likeness (QED) is 0.186. The van der Waals surface area contributed by atoms with E-state index in [-0.39, 0.29) is 17.7 Å². The Hall–Kier alpha value is -4.43. The maximum absolute atomic E-state index is 14.1. The Morgan fingerprint density at radius 3 is 1.98 bits per heavy atom. The number of carbonyl (C=O) groups is 2. The Morgan fingerprint density at radius 1 is 0.805 bits per heavy atom. The lowest BCUT2D eigenvalue weighted by Crippen LogP contribution is -2.36. The molecule has 0 radical (unpaired) electrons. The first-order valence-corrected chi connectivity index (χ1v) is 14.1. The van der Waals surface area contributed by atoms with Crippen molar-refractivity contribution < 1.29 is 28.9 Å². The molecule has 0 saturated carbocycles. The predicted octanol–water partition coefficient (Wildman–Crippen LogP) is 6.39. The number of carboxylic acids is 1. The monoisotopic (exact) mass is 571 g/mol. The van der Waals surface area contributed by atoms with Crippen molar-refractivity contribution in [2.75, 3.05) is 26.6 Å². The van der Waals surface area contributed by atoms with Crippen molar-refractivity contribution in [1.29, 1.82) is 0 Å². The Bertz CT molecular complexity index is 1420. The number of rotatable bonds is 13. The first-order chi connectivity index (χ1) is 19.9. The van der Waals surface area contributed by atoms with Gasteiger partial charge in [0, 0.05) is 11.4 Å². The highest BCUT2D eigenvalue weighted by molar-refractivity contribution is 8.00. The number of carboxylic acid groups (broad SMARTS) is 1. The van der Waals surface area contributed by atoms with Gasteiger partial charge in [-0.3, -0.25) is 4.79 Å². The van der Waals surface area contributed by atoms with E-state index in [4.69, 9.17) is 19.3 Å². The van der Waals surface area contributed by atoms with Crippen molar-refractivity contribution in [2.24, 2.45) is 0 Å². The number of aliphatic carboxylic acids is 1. The number of nitrogens with zero attached hydrogens (tertiary/aromatic N) is 1. The molecule has 0 aliphatic rings. The Kier molecular flexibility index (Phi) is 10.3. The summed E-state index contributed by atoms with van der Waals surface area (Å²) in [5.41, 5.74) is 3.73. The average molecular weight is 572 g/mol. The van der Waals surface area contributed by atoms with Gasteiger partial charge < -0.3 is 24.2 Å². The number of amides is 1. The highest BCUT2D eigenvalue weighted by atomic mass is 32.2. The number of thioether (sulfide) groups is 1. The summed E-state index contributed by atoms with van der Waals surface area (Å²) in [6, 6.07) is 30.9. The van der Waals surface area contributed by atoms with Crippen LogP contribution in [0.5, 0.6) is 17.2 Å². The van der Waals surface area contributed by atoms with Crippen molar-refractivity contribution in [1.82, 2.24) is 4.90 Å². The van der Waals surface area contributed by atoms with Crippen molar-refractivity contribution >= 4 is 23.6 Å². The van der Waals surface area contributed by atoms with Crippen LogP contribution in [-0.4, -0.2) is 48.5 Å². The molecular formula is C33H33NO6S. The Balaban J connectivity index is 1.65. The summed E-state index contributed by atoms with van der Waals surface area (Å²) in [5, 5.41) is 8.90. The van der Waals surface area contributed by atoms with Gasteiger partial charge in [0.1, 0.15) is 5.75 Å². The van der Waals surface area contributed by atoms with Gasteiger partial charge >= 0.3 is 5.97 Å². The Labute approximate surface area is 244 Å². The molecule has 0 spiro atoms. The first kappa shape index (κ1) is 29.6. The SMILES string of the molecule is COc1ccc(CN(C(=O)CSc2ccc(OCC(=O)O)c(C)c2)C(c2ccccc2)c2ccccc2)cc1OC. The minimum absolute atomic E-state index is 0.0358. The van der Waals surface area contributed by atoms with Gasteiger partial charge in [-0.2, -0.15) is 0 Å². The fraction of sp³-hybridized carbons (Fsp3) is 0.212. The summed E-state index contributed by atoms with van der Waals surface area (Å²) >= 11 is 1.43. The second-order valence-electron chi connectivity index (χ2n) is 9.33. The highest BCUT2D eigenvalue weighted by Crippen LogP contribution is 2.34. The molecule has 41 heavy (non-hydrogen) atoms. The van der Waals surface area contributed by atoms with Crippen LogP contribution in [-0.2, 0) is 16.1 Å². The van der Waals surface area contributed by atoms with Crippen LogP contribution >= 0.6 is 11.8 Å². The first-order valence-electron chi connectivity index (χ1n) is 13.1. The van der Waals surface area contributed by atoms with Gasteiger partial charge in [0.25, 0.3) is 0 Å². The number of aryl methyl sites for hydroxylation is 1. The van der Waals surface area contributed by atoms with Crippen molar-refractivity contribution in [2.45, 2.75) is 24.4 Å². The molecule has 4 rings (SSSR count). The van der Waals surface area contributed by atoms with Gasteiger partial charge in [-0.15, -0.1) is 11.8 Å². The van der Waals surface area contributed by atoms with E-state index in [0.717, 1.165) is 27.1 Å². The molecule has 0 atom stereocenters. The van der Waals surface area contributed by atoms with Crippen LogP contribution in [0.15, 0.2) is 102 Å². The molecule has 1 amide bonds. The topological polar surface area (TPSA) is 85.3 Å². The van der Waals surface area contributed by atoms with Gasteiger partial charge in [-0.1, -0.05) is 66.7 Å². The minimum atomic E-state index is -1.03. The van der Waals surface area contributed by atoms with Gasteiger partial charge in [-0.05, 0) is 59.5 Å². The van der Waals surface area contributed by atoms with Crippen molar-refractivity contribution in [3.05, 3.63) is 119 Å². The largest absolute Gasteiger partial charge is 0.493 e. The number of carbonyl (C=O) groups excluding carboxylic acids is 1. The molecule has 0 aromatic heterocycles. The third kappa shape index (κ3) is 7.83. The molecule has 8 heteroatoms. The van der Waals surface area contributed by atoms with Gasteiger partial charge in [0.05, 0.1) is 26.0 Å². The zero-order valence-electron chi connectivity index (χ0n) is 23.3. The fourth-order valence-corrected chi connectivity index (χ4v) is 5.44. The number of benzene rings is 4. The molecule has 0 saturated heterocycles. The van der Waals surface area contributed by atoms with Gasteiger partial charge in [0.15, 0.2) is 18.1 Å². The average Bonchev–Trinajstić information content (AvgIpc) is 3.00. The molecule has 0 heterocycles. The standard InChI is InChI=1S/C33H33NO6S/c1-23-18-27(15-17-28(23)40-21-32(36)37)41-22-31(35)34(20-24-14-16-29(38-2)30(19-24)39-3)33(25-10-6-4-7-11-25)26-12-8-5-9-13-26/h4-19,33H,20-22H2,1-3H3,(H,36,37). The number of ether oxygens (including phenoxy) is 3. The Morgan fingerprint density at radius 2 is 1.41 bits per heavy atom. The molecule has 7 nitrogen and oxygen atoms in total. The second-order valence-corrected chi connectivity index (χ2v) is 10.4. The molecule has 0 fully saturated rings. The van der Waals surface area contributed by atoms with Crippen LogP contribution in [0, 0.1) is 6.92 Å². The van der Waals surface area contributed by atoms with Crippen molar-refractivity contribution in [3.63, 3.8) is 0 Å². The maximum atomic E-state index is 14.1. The van der Waals surface area contributed by atoms with Crippen LogP contribution in [0.3, 0.4) is 0 Å². The van der Waals surface area contributed by atoms with E-state index in [1.54, 1.807) is 20.3 Å². The predicted molar refractivity (Wildman–Crippen MR) is 160 cm³/mol. The molecule has 212 valence electrons. The summed E-state index contributed by atoms with van der Waals surface area (Å²) in [6.07, 6.45) is 0.